The molecule has 2 amide bonds. The maximum atomic E-state index is 12.4. The van der Waals surface area contributed by atoms with Crippen LogP contribution in [0.25, 0.3) is 0 Å². The summed E-state index contributed by atoms with van der Waals surface area (Å²) in [7, 11) is 0. The number of unbranched alkanes of at least 4 members (excludes halogenated alkanes) is 2. The zero-order valence-corrected chi connectivity index (χ0v) is 15.2. The fourth-order valence-corrected chi connectivity index (χ4v) is 2.22. The molecular formula is C19H30N2O3. The molecule has 1 atom stereocenters. The maximum absolute atomic E-state index is 12.4. The molecule has 5 heteroatoms. The molecule has 0 bridgehead atoms. The second-order valence-corrected chi connectivity index (χ2v) is 6.89. The van der Waals surface area contributed by atoms with Crippen molar-refractivity contribution in [1.82, 2.24) is 10.6 Å². The molecule has 24 heavy (non-hydrogen) atoms. The lowest BCUT2D eigenvalue weighted by Gasteiger charge is -2.23. The first kappa shape index (κ1) is 20.0. The van der Waals surface area contributed by atoms with Crippen LogP contribution in [0.5, 0.6) is 0 Å². The Kier molecular flexibility index (Phi) is 8.30. The fourth-order valence-electron chi connectivity index (χ4n) is 2.22. The van der Waals surface area contributed by atoms with Crippen LogP contribution < -0.4 is 10.6 Å². The lowest BCUT2D eigenvalue weighted by atomic mass is 10.1. The van der Waals surface area contributed by atoms with Crippen molar-refractivity contribution in [2.45, 2.75) is 65.0 Å². The van der Waals surface area contributed by atoms with Gasteiger partial charge < -0.3 is 15.4 Å². The van der Waals surface area contributed by atoms with Gasteiger partial charge in [-0.05, 0) is 32.8 Å². The number of hydrogen-bond acceptors (Lipinski definition) is 3. The molecule has 0 fully saturated rings. The predicted octanol–water partition coefficient (Wildman–Crippen LogP) is 3.43. The largest absolute Gasteiger partial charge is 0.444 e. The van der Waals surface area contributed by atoms with Crippen molar-refractivity contribution >= 4 is 12.0 Å². The average Bonchev–Trinajstić information content (AvgIpc) is 2.50. The second kappa shape index (κ2) is 9.96. The molecule has 0 unspecified atom stereocenters. The van der Waals surface area contributed by atoms with E-state index < -0.39 is 17.7 Å². The highest BCUT2D eigenvalue weighted by Gasteiger charge is 2.24. The number of ether oxygens (including phenoxy) is 1. The van der Waals surface area contributed by atoms with Crippen molar-refractivity contribution < 1.29 is 14.3 Å². The number of hydrogen-bond donors (Lipinski definition) is 2. The van der Waals surface area contributed by atoms with Gasteiger partial charge in [-0.1, -0.05) is 50.1 Å². The van der Waals surface area contributed by atoms with E-state index in [9.17, 15) is 9.59 Å². The van der Waals surface area contributed by atoms with Crippen LogP contribution >= 0.6 is 0 Å². The molecule has 0 aromatic heterocycles. The van der Waals surface area contributed by atoms with Crippen LogP contribution in [0.3, 0.4) is 0 Å². The van der Waals surface area contributed by atoms with Gasteiger partial charge in [-0.25, -0.2) is 4.79 Å². The molecule has 0 aliphatic heterocycles. The summed E-state index contributed by atoms with van der Waals surface area (Å²) in [6, 6.07) is 8.98. The summed E-state index contributed by atoms with van der Waals surface area (Å²) in [5.41, 5.74) is 0.390. The highest BCUT2D eigenvalue weighted by Crippen LogP contribution is 2.08. The minimum absolute atomic E-state index is 0.180. The van der Waals surface area contributed by atoms with Crippen LogP contribution in [0.4, 0.5) is 4.79 Å². The zero-order valence-electron chi connectivity index (χ0n) is 15.2. The Morgan fingerprint density at radius 1 is 1.12 bits per heavy atom. The van der Waals surface area contributed by atoms with Gasteiger partial charge in [0.25, 0.3) is 0 Å². The first-order valence-electron chi connectivity index (χ1n) is 8.63. The van der Waals surface area contributed by atoms with Crippen LogP contribution in [0, 0.1) is 0 Å². The quantitative estimate of drug-likeness (QED) is 0.716. The molecule has 0 saturated heterocycles. The molecule has 0 spiro atoms. The van der Waals surface area contributed by atoms with Gasteiger partial charge in [-0.15, -0.1) is 0 Å². The minimum atomic E-state index is -0.649. The molecule has 0 saturated carbocycles. The van der Waals surface area contributed by atoms with E-state index in [1.807, 2.05) is 30.3 Å². The van der Waals surface area contributed by atoms with Crippen LogP contribution in [0.2, 0.25) is 0 Å². The molecule has 1 rings (SSSR count). The van der Waals surface area contributed by atoms with Crippen molar-refractivity contribution in [1.29, 1.82) is 0 Å². The average molecular weight is 334 g/mol. The van der Waals surface area contributed by atoms with Crippen molar-refractivity contribution in [3.05, 3.63) is 35.9 Å². The van der Waals surface area contributed by atoms with Crippen molar-refractivity contribution in [3.8, 4) is 0 Å². The molecule has 0 radical (unpaired) electrons. The van der Waals surface area contributed by atoms with Gasteiger partial charge >= 0.3 is 6.09 Å². The monoisotopic (exact) mass is 334 g/mol. The lowest BCUT2D eigenvalue weighted by Crippen LogP contribution is -2.49. The van der Waals surface area contributed by atoms with Crippen LogP contribution in [-0.4, -0.2) is 30.2 Å². The first-order chi connectivity index (χ1) is 11.3. The first-order valence-corrected chi connectivity index (χ1v) is 8.63. The Balaban J connectivity index is 2.67. The molecule has 1 aromatic carbocycles. The van der Waals surface area contributed by atoms with Crippen molar-refractivity contribution in [2.75, 3.05) is 6.54 Å². The third-order valence-corrected chi connectivity index (χ3v) is 3.37. The van der Waals surface area contributed by atoms with Gasteiger partial charge in [-0.2, -0.15) is 0 Å². The molecule has 0 aliphatic carbocycles. The van der Waals surface area contributed by atoms with E-state index in [0.29, 0.717) is 13.0 Å². The van der Waals surface area contributed by atoms with E-state index in [2.05, 4.69) is 17.6 Å². The number of benzene rings is 1. The molecule has 5 nitrogen and oxygen atoms in total. The Morgan fingerprint density at radius 3 is 2.38 bits per heavy atom. The Labute approximate surface area is 145 Å². The van der Waals surface area contributed by atoms with Crippen molar-refractivity contribution in [2.24, 2.45) is 0 Å². The topological polar surface area (TPSA) is 67.4 Å². The molecule has 1 aromatic rings. The normalized spacial score (nSPS) is 12.3. The van der Waals surface area contributed by atoms with Gasteiger partial charge in [0, 0.05) is 13.0 Å². The molecule has 0 heterocycles. The number of alkyl carbamates (subject to hydrolysis) is 1. The van der Waals surface area contributed by atoms with E-state index in [-0.39, 0.29) is 5.91 Å². The molecular weight excluding hydrogens is 304 g/mol. The van der Waals surface area contributed by atoms with Gasteiger partial charge in [0.1, 0.15) is 11.6 Å². The number of carbonyl (C=O) groups excluding carboxylic acids is 2. The Bertz CT molecular complexity index is 509. The van der Waals surface area contributed by atoms with E-state index in [0.717, 1.165) is 24.8 Å². The summed E-state index contributed by atoms with van der Waals surface area (Å²) in [5.74, 6) is -0.180. The fraction of sp³-hybridized carbons (Fsp3) is 0.579. The molecule has 134 valence electrons. The summed E-state index contributed by atoms with van der Waals surface area (Å²) in [4.78, 5) is 24.5. The summed E-state index contributed by atoms with van der Waals surface area (Å²) in [5, 5.41) is 5.59. The highest BCUT2D eigenvalue weighted by molar-refractivity contribution is 5.86. The third kappa shape index (κ3) is 8.56. The number of nitrogens with one attached hydrogen (secondary N) is 2. The molecule has 0 aliphatic rings. The zero-order chi connectivity index (χ0) is 18.0. The molecule has 2 N–H and O–H groups in total. The predicted molar refractivity (Wildman–Crippen MR) is 95.8 cm³/mol. The van der Waals surface area contributed by atoms with Gasteiger partial charge in [-0.3, -0.25) is 4.79 Å². The second-order valence-electron chi connectivity index (χ2n) is 6.89. The van der Waals surface area contributed by atoms with Gasteiger partial charge in [0.05, 0.1) is 0 Å². The Morgan fingerprint density at radius 2 is 1.79 bits per heavy atom. The lowest BCUT2D eigenvalue weighted by molar-refractivity contribution is -0.123. The maximum Gasteiger partial charge on any atom is 0.408 e. The van der Waals surface area contributed by atoms with Crippen LogP contribution in [-0.2, 0) is 16.0 Å². The van der Waals surface area contributed by atoms with E-state index in [1.54, 1.807) is 20.8 Å². The van der Waals surface area contributed by atoms with E-state index >= 15 is 0 Å². The van der Waals surface area contributed by atoms with E-state index in [4.69, 9.17) is 4.74 Å². The minimum Gasteiger partial charge on any atom is -0.444 e. The summed E-state index contributed by atoms with van der Waals surface area (Å²) in [6.45, 7) is 8.12. The van der Waals surface area contributed by atoms with Gasteiger partial charge in [0.15, 0.2) is 0 Å². The van der Waals surface area contributed by atoms with Crippen LogP contribution in [0.15, 0.2) is 30.3 Å². The SMILES string of the molecule is CCCCCNC(=O)[C@H](Cc1ccccc1)NC(=O)OC(C)(C)C. The van der Waals surface area contributed by atoms with Gasteiger partial charge in [0.2, 0.25) is 5.91 Å². The number of rotatable bonds is 8. The van der Waals surface area contributed by atoms with E-state index in [1.165, 1.54) is 0 Å². The highest BCUT2D eigenvalue weighted by atomic mass is 16.6. The Hall–Kier alpha value is -2.04. The summed E-state index contributed by atoms with van der Waals surface area (Å²) < 4.78 is 5.27. The third-order valence-electron chi connectivity index (χ3n) is 3.37. The smallest absolute Gasteiger partial charge is 0.408 e. The number of carbonyl (C=O) groups is 2. The number of amides is 2. The van der Waals surface area contributed by atoms with Crippen LogP contribution in [0.1, 0.15) is 52.5 Å². The standard InChI is InChI=1S/C19H30N2O3/c1-5-6-10-13-20-17(22)16(14-15-11-8-7-9-12-15)21-18(23)24-19(2,3)4/h7-9,11-12,16H,5-6,10,13-14H2,1-4H3,(H,20,22)(H,21,23)/t16-/m0/s1. The summed E-state index contributed by atoms with van der Waals surface area (Å²) in [6.07, 6.45) is 2.96. The summed E-state index contributed by atoms with van der Waals surface area (Å²) >= 11 is 0. The van der Waals surface area contributed by atoms with Crippen molar-refractivity contribution in [3.63, 3.8) is 0 Å².